The molecule has 0 spiro atoms. The summed E-state index contributed by atoms with van der Waals surface area (Å²) in [5, 5.41) is 6.96. The Kier molecular flexibility index (Phi) is 6.18. The summed E-state index contributed by atoms with van der Waals surface area (Å²) >= 11 is 0. The van der Waals surface area contributed by atoms with Gasteiger partial charge in [-0.05, 0) is 56.3 Å². The van der Waals surface area contributed by atoms with Gasteiger partial charge < -0.3 is 25.0 Å². The van der Waals surface area contributed by atoms with Gasteiger partial charge in [0.25, 0.3) is 5.91 Å². The molecule has 0 atom stereocenters. The predicted molar refractivity (Wildman–Crippen MR) is 138 cm³/mol. The van der Waals surface area contributed by atoms with Crippen LogP contribution in [0.5, 0.6) is 0 Å². The van der Waals surface area contributed by atoms with Gasteiger partial charge in [0.1, 0.15) is 11.5 Å². The third-order valence-corrected chi connectivity index (χ3v) is 8.41. The molecule has 0 radical (unpaired) electrons. The van der Waals surface area contributed by atoms with E-state index >= 15 is 0 Å². The molecule has 9 nitrogen and oxygen atoms in total. The van der Waals surface area contributed by atoms with Crippen molar-refractivity contribution < 1.29 is 13.2 Å². The van der Waals surface area contributed by atoms with E-state index in [1.807, 2.05) is 37.5 Å². The summed E-state index contributed by atoms with van der Waals surface area (Å²) in [6, 6.07) is 12.0. The van der Waals surface area contributed by atoms with Crippen LogP contribution in [-0.2, 0) is 9.84 Å². The van der Waals surface area contributed by atoms with E-state index in [1.54, 1.807) is 19.2 Å². The zero-order chi connectivity index (χ0) is 24.7. The van der Waals surface area contributed by atoms with E-state index in [1.165, 1.54) is 6.26 Å². The summed E-state index contributed by atoms with van der Waals surface area (Å²) in [6.45, 7) is 3.24. The fourth-order valence-electron chi connectivity index (χ4n) is 5.03. The van der Waals surface area contributed by atoms with Gasteiger partial charge in [0.2, 0.25) is 0 Å². The number of anilines is 2. The van der Waals surface area contributed by atoms with Crippen LogP contribution in [0.15, 0.2) is 47.5 Å². The number of fused-ring (bicyclic) bond motifs is 1. The van der Waals surface area contributed by atoms with Crippen molar-refractivity contribution in [1.29, 1.82) is 0 Å². The number of sulfone groups is 1. The molecular formula is C25H32N6O3S. The number of amides is 1. The maximum absolute atomic E-state index is 12.5. The number of carbonyl (C=O) groups excluding carboxylic acids is 1. The molecule has 5 rings (SSSR count). The Morgan fingerprint density at radius 1 is 0.971 bits per heavy atom. The van der Waals surface area contributed by atoms with Crippen molar-refractivity contribution in [2.45, 2.75) is 29.8 Å². The molecule has 2 N–H and O–H groups in total. The van der Waals surface area contributed by atoms with Crippen molar-refractivity contribution in [3.05, 3.63) is 48.2 Å². The Balaban J connectivity index is 1.35. The second-order valence-corrected chi connectivity index (χ2v) is 11.4. The highest BCUT2D eigenvalue weighted by atomic mass is 32.2. The monoisotopic (exact) mass is 496 g/mol. The van der Waals surface area contributed by atoms with Crippen LogP contribution in [0.2, 0.25) is 0 Å². The van der Waals surface area contributed by atoms with Crippen LogP contribution in [-0.4, -0.2) is 76.4 Å². The highest BCUT2D eigenvalue weighted by molar-refractivity contribution is 7.90. The second-order valence-electron chi connectivity index (χ2n) is 9.42. The fourth-order valence-corrected chi connectivity index (χ4v) is 5.66. The lowest BCUT2D eigenvalue weighted by Crippen LogP contribution is -2.46. The van der Waals surface area contributed by atoms with Crippen molar-refractivity contribution in [2.24, 2.45) is 0 Å². The molecule has 1 saturated heterocycles. The molecule has 10 heteroatoms. The van der Waals surface area contributed by atoms with E-state index in [4.69, 9.17) is 4.98 Å². The van der Waals surface area contributed by atoms with Crippen molar-refractivity contribution in [3.63, 3.8) is 0 Å². The molecule has 1 aliphatic carbocycles. The Morgan fingerprint density at radius 2 is 1.63 bits per heavy atom. The zero-order valence-corrected chi connectivity index (χ0v) is 21.2. The number of hydrogen-bond acceptors (Lipinski definition) is 7. The first kappa shape index (κ1) is 23.6. The molecule has 1 amide bonds. The van der Waals surface area contributed by atoms with Crippen LogP contribution in [0.1, 0.15) is 29.2 Å². The number of nitrogens with one attached hydrogen (secondary N) is 2. The minimum atomic E-state index is -3.20. The van der Waals surface area contributed by atoms with Crippen LogP contribution in [0.4, 0.5) is 11.5 Å². The molecule has 1 aliphatic heterocycles. The van der Waals surface area contributed by atoms with Crippen LogP contribution >= 0.6 is 0 Å². The topological polar surface area (TPSA) is 99.6 Å². The Labute approximate surface area is 206 Å². The van der Waals surface area contributed by atoms with Crippen molar-refractivity contribution in [2.75, 3.05) is 56.3 Å². The molecule has 0 bridgehead atoms. The van der Waals surface area contributed by atoms with Gasteiger partial charge in [-0.1, -0.05) is 0 Å². The van der Waals surface area contributed by atoms with Crippen LogP contribution in [0, 0.1) is 0 Å². The van der Waals surface area contributed by atoms with Gasteiger partial charge in [0.05, 0.1) is 10.5 Å². The minimum Gasteiger partial charge on any atom is -0.368 e. The molecule has 2 aromatic heterocycles. The Morgan fingerprint density at radius 3 is 2.23 bits per heavy atom. The quantitative estimate of drug-likeness (QED) is 0.539. The highest BCUT2D eigenvalue weighted by Gasteiger charge is 2.32. The van der Waals surface area contributed by atoms with E-state index < -0.39 is 9.84 Å². The Bertz CT molecular complexity index is 1340. The Hall–Kier alpha value is -3.11. The summed E-state index contributed by atoms with van der Waals surface area (Å²) in [5.74, 6) is 0.820. The van der Waals surface area contributed by atoms with Crippen molar-refractivity contribution in [3.8, 4) is 0 Å². The number of carbonyl (C=O) groups is 1. The van der Waals surface area contributed by atoms with Crippen LogP contribution in [0.3, 0.4) is 0 Å². The third kappa shape index (κ3) is 4.48. The number of nitrogens with zero attached hydrogens (tertiary/aromatic N) is 4. The first-order valence-corrected chi connectivity index (χ1v) is 13.9. The summed E-state index contributed by atoms with van der Waals surface area (Å²) in [5.41, 5.74) is 2.55. The molecule has 35 heavy (non-hydrogen) atoms. The van der Waals surface area contributed by atoms with Gasteiger partial charge >= 0.3 is 0 Å². The highest BCUT2D eigenvalue weighted by Crippen LogP contribution is 2.36. The average molecular weight is 497 g/mol. The number of benzene rings is 1. The minimum absolute atomic E-state index is 0.0942. The van der Waals surface area contributed by atoms with E-state index in [9.17, 15) is 13.2 Å². The smallest absolute Gasteiger partial charge is 0.253 e. The van der Waals surface area contributed by atoms with Gasteiger partial charge in [-0.2, -0.15) is 0 Å². The summed E-state index contributed by atoms with van der Waals surface area (Å²) < 4.78 is 25.6. The van der Waals surface area contributed by atoms with Crippen LogP contribution in [0.25, 0.3) is 11.0 Å². The van der Waals surface area contributed by atoms with Gasteiger partial charge in [-0.15, -0.1) is 0 Å². The molecule has 2 fully saturated rings. The molecule has 2 aliphatic rings. The number of piperazine rings is 1. The molecule has 3 heterocycles. The lowest BCUT2D eigenvalue weighted by molar-refractivity contribution is 0.0964. The van der Waals surface area contributed by atoms with Gasteiger partial charge in [0.15, 0.2) is 9.84 Å². The lowest BCUT2D eigenvalue weighted by Gasteiger charge is -2.37. The van der Waals surface area contributed by atoms with E-state index in [0.717, 1.165) is 61.6 Å². The number of hydrogen-bond donors (Lipinski definition) is 2. The largest absolute Gasteiger partial charge is 0.368 e. The predicted octanol–water partition coefficient (Wildman–Crippen LogP) is 2.05. The zero-order valence-electron chi connectivity index (χ0n) is 20.4. The molecular weight excluding hydrogens is 464 g/mol. The SMILES string of the molecule is CNC(=O)c1cn(C2CC(NC)C2)c2nc(N3CCN(c4ccc(S(C)(=O)=O)cc4)CC3)ccc12. The number of pyridine rings is 1. The molecule has 1 aromatic carbocycles. The average Bonchev–Trinajstić information content (AvgIpc) is 3.21. The third-order valence-electron chi connectivity index (χ3n) is 7.28. The summed E-state index contributed by atoms with van der Waals surface area (Å²) in [7, 11) is 0.445. The summed E-state index contributed by atoms with van der Waals surface area (Å²) in [4.78, 5) is 22.4. The number of rotatable bonds is 6. The molecule has 3 aromatic rings. The normalized spacial score (nSPS) is 20.7. The maximum Gasteiger partial charge on any atom is 0.253 e. The molecule has 186 valence electrons. The van der Waals surface area contributed by atoms with Crippen molar-refractivity contribution in [1.82, 2.24) is 20.2 Å². The first-order chi connectivity index (χ1) is 16.8. The van der Waals surface area contributed by atoms with E-state index in [2.05, 4.69) is 25.0 Å². The maximum atomic E-state index is 12.5. The van der Waals surface area contributed by atoms with Gasteiger partial charge in [0, 0.05) is 68.8 Å². The van der Waals surface area contributed by atoms with Gasteiger partial charge in [-0.25, -0.2) is 13.4 Å². The van der Waals surface area contributed by atoms with E-state index in [0.29, 0.717) is 22.5 Å². The van der Waals surface area contributed by atoms with E-state index in [-0.39, 0.29) is 5.91 Å². The van der Waals surface area contributed by atoms with Gasteiger partial charge in [-0.3, -0.25) is 4.79 Å². The standard InChI is InChI=1S/C25H32N6O3S/c1-26-17-14-19(15-17)31-16-22(25(32)27-2)21-8-9-23(28-24(21)31)30-12-10-29(11-13-30)18-4-6-20(7-5-18)35(3,33)34/h4-9,16-17,19,26H,10-15H2,1-3H3,(H,27,32). The van der Waals surface area contributed by atoms with Crippen molar-refractivity contribution >= 4 is 38.3 Å². The second kappa shape index (κ2) is 9.16. The fraction of sp³-hybridized carbons (Fsp3) is 0.440. The molecule has 0 unspecified atom stereocenters. The first-order valence-electron chi connectivity index (χ1n) is 12.0. The molecule has 1 saturated carbocycles. The lowest BCUT2D eigenvalue weighted by atomic mass is 9.87. The summed E-state index contributed by atoms with van der Waals surface area (Å²) in [6.07, 6.45) is 5.23. The number of aromatic nitrogens is 2. The van der Waals surface area contributed by atoms with Crippen LogP contribution < -0.4 is 20.4 Å².